The predicted molar refractivity (Wildman–Crippen MR) is 107 cm³/mol. The summed E-state index contributed by atoms with van der Waals surface area (Å²) < 4.78 is 7.15. The van der Waals surface area contributed by atoms with E-state index < -0.39 is 0 Å². The average Bonchev–Trinajstić information content (AvgIpc) is 3.22. The van der Waals surface area contributed by atoms with Crippen LogP contribution in [0.15, 0.2) is 54.9 Å². The minimum atomic E-state index is -0.0862. The lowest BCUT2D eigenvalue weighted by Gasteiger charge is -2.39. The largest absolute Gasteiger partial charge is 0.497 e. The van der Waals surface area contributed by atoms with E-state index >= 15 is 0 Å². The highest BCUT2D eigenvalue weighted by atomic mass is 16.5. The van der Waals surface area contributed by atoms with Gasteiger partial charge in [-0.25, -0.2) is 4.68 Å². The van der Waals surface area contributed by atoms with Gasteiger partial charge in [-0.3, -0.25) is 9.69 Å². The molecule has 144 valence electrons. The Morgan fingerprint density at radius 3 is 2.36 bits per heavy atom. The van der Waals surface area contributed by atoms with E-state index in [-0.39, 0.29) is 18.0 Å². The first-order valence-corrected chi connectivity index (χ1v) is 9.54. The van der Waals surface area contributed by atoms with Gasteiger partial charge in [-0.1, -0.05) is 48.9 Å². The second-order valence-corrected chi connectivity index (χ2v) is 7.07. The third-order valence-electron chi connectivity index (χ3n) is 5.36. The zero-order chi connectivity index (χ0) is 19.7. The number of amides is 1. The lowest BCUT2D eigenvalue weighted by Crippen LogP contribution is -2.42. The fourth-order valence-electron chi connectivity index (χ4n) is 3.83. The molecule has 0 N–H and O–H groups in total. The fourth-order valence-corrected chi connectivity index (χ4v) is 3.83. The summed E-state index contributed by atoms with van der Waals surface area (Å²) in [5.74, 6) is 1.47. The first-order chi connectivity index (χ1) is 13.6. The molecule has 3 aromatic rings. The van der Waals surface area contributed by atoms with Gasteiger partial charge in [0.15, 0.2) is 0 Å². The summed E-state index contributed by atoms with van der Waals surface area (Å²) in [6.07, 6.45) is 2.68. The molecule has 0 saturated heterocycles. The van der Waals surface area contributed by atoms with E-state index in [1.165, 1.54) is 11.9 Å². The van der Waals surface area contributed by atoms with Crippen LogP contribution in [0.4, 0.5) is 5.95 Å². The van der Waals surface area contributed by atoms with Crippen LogP contribution in [0.5, 0.6) is 5.75 Å². The van der Waals surface area contributed by atoms with Crippen molar-refractivity contribution in [3.8, 4) is 5.75 Å². The molecule has 1 amide bonds. The highest BCUT2D eigenvalue weighted by Gasteiger charge is 2.38. The lowest BCUT2D eigenvalue weighted by molar-refractivity contribution is -0.119. The van der Waals surface area contributed by atoms with Crippen molar-refractivity contribution in [2.75, 3.05) is 12.0 Å². The second kappa shape index (κ2) is 7.46. The normalized spacial score (nSPS) is 18.6. The summed E-state index contributed by atoms with van der Waals surface area (Å²) in [5.41, 5.74) is 3.43. The summed E-state index contributed by atoms with van der Waals surface area (Å²) in [5, 5.41) is 4.45. The monoisotopic (exact) mass is 376 g/mol. The Kier molecular flexibility index (Phi) is 4.86. The maximum Gasteiger partial charge on any atom is 0.231 e. The lowest BCUT2D eigenvalue weighted by atomic mass is 9.91. The number of carbonyl (C=O) groups is 1. The van der Waals surface area contributed by atoms with Crippen molar-refractivity contribution in [2.45, 2.75) is 38.8 Å². The SMILES string of the molecule is CCC(=O)N1c2ncnn2[C@@H](c2ccc(OC)cc2)C[C@@H]1c1ccc(C)cc1. The van der Waals surface area contributed by atoms with E-state index in [0.717, 1.165) is 23.3 Å². The van der Waals surface area contributed by atoms with Gasteiger partial charge in [0.2, 0.25) is 11.9 Å². The number of ether oxygens (including phenoxy) is 1. The molecule has 4 rings (SSSR count). The van der Waals surface area contributed by atoms with E-state index in [1.807, 2.05) is 23.7 Å². The summed E-state index contributed by atoms with van der Waals surface area (Å²) in [4.78, 5) is 19.1. The van der Waals surface area contributed by atoms with Crippen LogP contribution in [0.25, 0.3) is 0 Å². The zero-order valence-corrected chi connectivity index (χ0v) is 16.4. The molecule has 2 aromatic carbocycles. The third-order valence-corrected chi connectivity index (χ3v) is 5.36. The van der Waals surface area contributed by atoms with Crippen molar-refractivity contribution < 1.29 is 9.53 Å². The van der Waals surface area contributed by atoms with Crippen molar-refractivity contribution in [3.63, 3.8) is 0 Å². The molecule has 6 heteroatoms. The van der Waals surface area contributed by atoms with Crippen molar-refractivity contribution in [2.24, 2.45) is 0 Å². The Labute approximate surface area is 164 Å². The zero-order valence-electron chi connectivity index (χ0n) is 16.4. The Bertz CT molecular complexity index is 963. The number of aromatic nitrogens is 3. The first-order valence-electron chi connectivity index (χ1n) is 9.54. The number of anilines is 1. The van der Waals surface area contributed by atoms with E-state index in [1.54, 1.807) is 12.0 Å². The highest BCUT2D eigenvalue weighted by Crippen LogP contribution is 2.42. The van der Waals surface area contributed by atoms with Crippen molar-refractivity contribution in [1.82, 2.24) is 14.8 Å². The molecule has 1 aromatic heterocycles. The van der Waals surface area contributed by atoms with Crippen LogP contribution in [0.3, 0.4) is 0 Å². The van der Waals surface area contributed by atoms with E-state index in [2.05, 4.69) is 53.4 Å². The van der Waals surface area contributed by atoms with Crippen molar-refractivity contribution in [1.29, 1.82) is 0 Å². The molecule has 0 spiro atoms. The molecule has 0 bridgehead atoms. The molecule has 2 heterocycles. The predicted octanol–water partition coefficient (Wildman–Crippen LogP) is 4.07. The van der Waals surface area contributed by atoms with Crippen LogP contribution < -0.4 is 9.64 Å². The molecule has 1 aliphatic rings. The smallest absolute Gasteiger partial charge is 0.231 e. The van der Waals surface area contributed by atoms with Gasteiger partial charge in [-0.15, -0.1) is 0 Å². The van der Waals surface area contributed by atoms with Crippen LogP contribution in [-0.2, 0) is 4.79 Å². The van der Waals surface area contributed by atoms with Gasteiger partial charge in [0.1, 0.15) is 12.1 Å². The van der Waals surface area contributed by atoms with Crippen LogP contribution >= 0.6 is 0 Å². The second-order valence-electron chi connectivity index (χ2n) is 7.07. The van der Waals surface area contributed by atoms with E-state index in [0.29, 0.717) is 12.4 Å². The molecule has 1 aliphatic heterocycles. The van der Waals surface area contributed by atoms with Gasteiger partial charge < -0.3 is 4.74 Å². The first kappa shape index (κ1) is 18.2. The third kappa shape index (κ3) is 3.15. The van der Waals surface area contributed by atoms with Gasteiger partial charge in [0.25, 0.3) is 0 Å². The number of hydrogen-bond donors (Lipinski definition) is 0. The number of methoxy groups -OCH3 is 1. The molecule has 0 unspecified atom stereocenters. The molecule has 0 aliphatic carbocycles. The number of hydrogen-bond acceptors (Lipinski definition) is 4. The Morgan fingerprint density at radius 1 is 1.07 bits per heavy atom. The summed E-state index contributed by atoms with van der Waals surface area (Å²) in [6.45, 7) is 3.95. The quantitative estimate of drug-likeness (QED) is 0.689. The maximum absolute atomic E-state index is 12.8. The molecule has 0 saturated carbocycles. The minimum absolute atomic E-state index is 0.00406. The number of aryl methyl sites for hydroxylation is 1. The minimum Gasteiger partial charge on any atom is -0.497 e. The van der Waals surface area contributed by atoms with Crippen LogP contribution in [-0.4, -0.2) is 27.8 Å². The van der Waals surface area contributed by atoms with Gasteiger partial charge in [-0.2, -0.15) is 10.1 Å². The van der Waals surface area contributed by atoms with Crippen LogP contribution in [0, 0.1) is 6.92 Å². The Balaban J connectivity index is 1.80. The van der Waals surface area contributed by atoms with E-state index in [9.17, 15) is 4.79 Å². The number of fused-ring (bicyclic) bond motifs is 1. The van der Waals surface area contributed by atoms with Gasteiger partial charge >= 0.3 is 0 Å². The number of benzene rings is 2. The molecule has 2 atom stereocenters. The standard InChI is InChI=1S/C22H24N4O2/c1-4-21(27)25-19(16-7-5-15(2)6-8-16)13-20(26-22(25)23-14-24-26)17-9-11-18(28-3)12-10-17/h5-12,14,19-20H,4,13H2,1-3H3/t19-,20-/m1/s1. The fraction of sp³-hybridized carbons (Fsp3) is 0.318. The number of nitrogens with zero attached hydrogens (tertiary/aromatic N) is 4. The average molecular weight is 376 g/mol. The molecule has 0 fully saturated rings. The Morgan fingerprint density at radius 2 is 1.71 bits per heavy atom. The van der Waals surface area contributed by atoms with Crippen LogP contribution in [0.1, 0.15) is 48.5 Å². The van der Waals surface area contributed by atoms with Gasteiger partial charge in [-0.05, 0) is 36.6 Å². The van der Waals surface area contributed by atoms with Gasteiger partial charge in [0.05, 0.1) is 19.2 Å². The Hall–Kier alpha value is -3.15. The molecule has 28 heavy (non-hydrogen) atoms. The van der Waals surface area contributed by atoms with Gasteiger partial charge in [0, 0.05) is 6.42 Å². The summed E-state index contributed by atoms with van der Waals surface area (Å²) in [6, 6.07) is 16.3. The molecular weight excluding hydrogens is 352 g/mol. The maximum atomic E-state index is 12.8. The van der Waals surface area contributed by atoms with Crippen LogP contribution in [0.2, 0.25) is 0 Å². The molecule has 0 radical (unpaired) electrons. The molecular formula is C22H24N4O2. The highest BCUT2D eigenvalue weighted by molar-refractivity contribution is 5.92. The van der Waals surface area contributed by atoms with Crippen molar-refractivity contribution in [3.05, 3.63) is 71.5 Å². The molecule has 6 nitrogen and oxygen atoms in total. The topological polar surface area (TPSA) is 60.2 Å². The van der Waals surface area contributed by atoms with Crippen molar-refractivity contribution >= 4 is 11.9 Å². The van der Waals surface area contributed by atoms with E-state index in [4.69, 9.17) is 4.74 Å². The number of rotatable bonds is 4. The summed E-state index contributed by atoms with van der Waals surface area (Å²) in [7, 11) is 1.66. The summed E-state index contributed by atoms with van der Waals surface area (Å²) >= 11 is 0. The number of carbonyl (C=O) groups excluding carboxylic acids is 1.